The minimum Gasteiger partial charge on any atom is -0.453 e. The largest absolute Gasteiger partial charge is 0.453 e. The Morgan fingerprint density at radius 1 is 1.19 bits per heavy atom. The third-order valence-corrected chi connectivity index (χ3v) is 11.8. The van der Waals surface area contributed by atoms with Crippen molar-refractivity contribution in [3.8, 4) is 0 Å². The maximum atomic E-state index is 12.7. The molecule has 1 amide bonds. The first kappa shape index (κ1) is 25.7. The van der Waals surface area contributed by atoms with Crippen molar-refractivity contribution in [1.29, 1.82) is 0 Å². The van der Waals surface area contributed by atoms with Crippen molar-refractivity contribution in [2.45, 2.75) is 83.6 Å². The molecule has 0 saturated heterocycles. The van der Waals surface area contributed by atoms with Gasteiger partial charge in [0.05, 0.1) is 7.11 Å². The molecule has 0 aliphatic heterocycles. The summed E-state index contributed by atoms with van der Waals surface area (Å²) in [6.45, 7) is 17.0. The quantitative estimate of drug-likeness (QED) is 0.302. The zero-order valence-electron chi connectivity index (χ0n) is 20.5. The number of carbonyl (C=O) groups is 1. The summed E-state index contributed by atoms with van der Waals surface area (Å²) < 4.78 is 11.7. The van der Waals surface area contributed by atoms with Crippen LogP contribution in [-0.2, 0) is 15.7 Å². The summed E-state index contributed by atoms with van der Waals surface area (Å²) in [5.74, 6) is 1.08. The normalized spacial score (nSPS) is 20.7. The van der Waals surface area contributed by atoms with Crippen molar-refractivity contribution in [2.75, 3.05) is 13.7 Å². The van der Waals surface area contributed by atoms with Crippen LogP contribution in [0, 0.1) is 11.8 Å². The molecule has 0 bridgehead atoms. The number of rotatable bonds is 9. The number of nitrogens with zero attached hydrogens (tertiary/aromatic N) is 1. The Labute approximate surface area is 191 Å². The second-order valence-corrected chi connectivity index (χ2v) is 15.3. The summed E-state index contributed by atoms with van der Waals surface area (Å²) in [6.07, 6.45) is 7.04. The van der Waals surface area contributed by atoms with Crippen molar-refractivity contribution in [3.05, 3.63) is 48.6 Å². The number of amides is 1. The lowest BCUT2D eigenvalue weighted by atomic mass is 9.77. The van der Waals surface area contributed by atoms with E-state index in [4.69, 9.17) is 9.16 Å². The maximum absolute atomic E-state index is 12.7. The van der Waals surface area contributed by atoms with Crippen LogP contribution in [0.2, 0.25) is 18.1 Å². The number of hydrogen-bond acceptors (Lipinski definition) is 3. The van der Waals surface area contributed by atoms with Crippen molar-refractivity contribution in [2.24, 2.45) is 11.8 Å². The van der Waals surface area contributed by atoms with Gasteiger partial charge < -0.3 is 14.1 Å². The van der Waals surface area contributed by atoms with Gasteiger partial charge in [0.2, 0.25) is 0 Å². The standard InChI is InChI=1S/C26H43NO3Si/c1-8-12-24(27(25(28)29-5)19-21-13-10-9-11-14-21)23-17-15-22(16-18-23)20-30-31(6,7)26(2,3)4/h8-11,13-14,22-24H,1,12,15-20H2,2-7H3/t22?,23?,24-/m0/s1. The Hall–Kier alpha value is -1.59. The number of benzene rings is 1. The molecule has 0 N–H and O–H groups in total. The van der Waals surface area contributed by atoms with Crippen molar-refractivity contribution < 1.29 is 14.0 Å². The monoisotopic (exact) mass is 445 g/mol. The smallest absolute Gasteiger partial charge is 0.410 e. The molecule has 1 fully saturated rings. The van der Waals surface area contributed by atoms with Gasteiger partial charge in [-0.2, -0.15) is 0 Å². The van der Waals surface area contributed by atoms with Crippen LogP contribution in [0.3, 0.4) is 0 Å². The molecule has 1 aliphatic rings. The Morgan fingerprint density at radius 3 is 2.32 bits per heavy atom. The third kappa shape index (κ3) is 7.21. The van der Waals surface area contributed by atoms with Crippen molar-refractivity contribution >= 4 is 14.4 Å². The van der Waals surface area contributed by atoms with E-state index < -0.39 is 8.32 Å². The molecule has 0 radical (unpaired) electrons. The van der Waals surface area contributed by atoms with Gasteiger partial charge >= 0.3 is 6.09 Å². The lowest BCUT2D eigenvalue weighted by molar-refractivity contribution is 0.0659. The Morgan fingerprint density at radius 2 is 1.81 bits per heavy atom. The van der Waals surface area contributed by atoms with Gasteiger partial charge in [-0.15, -0.1) is 6.58 Å². The van der Waals surface area contributed by atoms with Crippen LogP contribution in [0.5, 0.6) is 0 Å². The van der Waals surface area contributed by atoms with Crippen LogP contribution in [-0.4, -0.2) is 39.1 Å². The first-order valence-corrected chi connectivity index (χ1v) is 14.6. The zero-order valence-corrected chi connectivity index (χ0v) is 21.5. The predicted molar refractivity (Wildman–Crippen MR) is 132 cm³/mol. The highest BCUT2D eigenvalue weighted by molar-refractivity contribution is 6.74. The lowest BCUT2D eigenvalue weighted by Gasteiger charge is -2.41. The van der Waals surface area contributed by atoms with Gasteiger partial charge in [0.1, 0.15) is 0 Å². The number of carbonyl (C=O) groups excluding carboxylic acids is 1. The number of ether oxygens (including phenoxy) is 1. The van der Waals surface area contributed by atoms with Gasteiger partial charge in [0, 0.05) is 19.2 Å². The van der Waals surface area contributed by atoms with Gasteiger partial charge in [0.25, 0.3) is 0 Å². The Bertz CT molecular complexity index is 690. The average molecular weight is 446 g/mol. The van der Waals surface area contributed by atoms with E-state index in [1.54, 1.807) is 0 Å². The van der Waals surface area contributed by atoms with Gasteiger partial charge in [-0.05, 0) is 67.6 Å². The number of hydrogen-bond donors (Lipinski definition) is 0. The fourth-order valence-electron chi connectivity index (χ4n) is 4.24. The number of methoxy groups -OCH3 is 1. The van der Waals surface area contributed by atoms with Crippen molar-refractivity contribution in [3.63, 3.8) is 0 Å². The van der Waals surface area contributed by atoms with Gasteiger partial charge in [-0.3, -0.25) is 0 Å². The van der Waals surface area contributed by atoms with Gasteiger partial charge in [-0.1, -0.05) is 57.2 Å². The highest BCUT2D eigenvalue weighted by Gasteiger charge is 2.39. The molecular formula is C26H43NO3Si. The first-order chi connectivity index (χ1) is 14.6. The Kier molecular flexibility index (Phi) is 9.38. The van der Waals surface area contributed by atoms with Crippen LogP contribution in [0.1, 0.15) is 58.4 Å². The topological polar surface area (TPSA) is 38.8 Å². The highest BCUT2D eigenvalue weighted by atomic mass is 28.4. The molecule has 0 aromatic heterocycles. The van der Waals surface area contributed by atoms with Crippen LogP contribution >= 0.6 is 0 Å². The van der Waals surface area contributed by atoms with Crippen LogP contribution in [0.15, 0.2) is 43.0 Å². The Balaban J connectivity index is 2.02. The van der Waals surface area contributed by atoms with Crippen LogP contribution in [0.25, 0.3) is 0 Å². The van der Waals surface area contributed by atoms with E-state index >= 15 is 0 Å². The van der Waals surface area contributed by atoms with Crippen LogP contribution < -0.4 is 0 Å². The summed E-state index contributed by atoms with van der Waals surface area (Å²) in [7, 11) is -0.231. The minimum atomic E-state index is -1.70. The lowest BCUT2D eigenvalue weighted by Crippen LogP contribution is -2.45. The van der Waals surface area contributed by atoms with Crippen molar-refractivity contribution in [1.82, 2.24) is 4.90 Å². The third-order valence-electron chi connectivity index (χ3n) is 7.33. The molecule has 1 atom stereocenters. The average Bonchev–Trinajstić information content (AvgIpc) is 2.74. The summed E-state index contributed by atoms with van der Waals surface area (Å²) in [5.41, 5.74) is 1.12. The molecular weight excluding hydrogens is 402 g/mol. The second-order valence-electron chi connectivity index (χ2n) is 10.5. The van der Waals surface area contributed by atoms with E-state index in [9.17, 15) is 4.79 Å². The summed E-state index contributed by atoms with van der Waals surface area (Å²) in [4.78, 5) is 14.6. The molecule has 0 heterocycles. The minimum absolute atomic E-state index is 0.118. The molecule has 31 heavy (non-hydrogen) atoms. The summed E-state index contributed by atoms with van der Waals surface area (Å²) in [6, 6.07) is 10.3. The molecule has 0 unspecified atom stereocenters. The highest BCUT2D eigenvalue weighted by Crippen LogP contribution is 2.39. The van der Waals surface area contributed by atoms with E-state index in [0.717, 1.165) is 44.3 Å². The molecule has 1 saturated carbocycles. The summed E-state index contributed by atoms with van der Waals surface area (Å²) >= 11 is 0. The fraction of sp³-hybridized carbons (Fsp3) is 0.654. The summed E-state index contributed by atoms with van der Waals surface area (Å²) in [5, 5.41) is 0.248. The van der Waals surface area contributed by atoms with Gasteiger partial charge in [-0.25, -0.2) is 4.79 Å². The van der Waals surface area contributed by atoms with E-state index in [1.807, 2.05) is 29.2 Å². The molecule has 0 spiro atoms. The predicted octanol–water partition coefficient (Wildman–Crippen LogP) is 7.03. The molecule has 1 aromatic carbocycles. The second kappa shape index (κ2) is 11.3. The molecule has 2 rings (SSSR count). The van der Waals surface area contributed by atoms with E-state index in [2.05, 4.69) is 52.6 Å². The SMILES string of the molecule is C=CC[C@@H](C1CCC(CO[Si](C)(C)C(C)(C)C)CC1)N(Cc1ccccc1)C(=O)OC. The van der Waals surface area contributed by atoms with E-state index in [0.29, 0.717) is 18.4 Å². The maximum Gasteiger partial charge on any atom is 0.410 e. The van der Waals surface area contributed by atoms with E-state index in [1.165, 1.54) is 7.11 Å². The molecule has 4 nitrogen and oxygen atoms in total. The molecule has 1 aromatic rings. The van der Waals surface area contributed by atoms with Gasteiger partial charge in [0.15, 0.2) is 8.32 Å². The van der Waals surface area contributed by atoms with E-state index in [-0.39, 0.29) is 17.2 Å². The fourth-order valence-corrected chi connectivity index (χ4v) is 5.33. The first-order valence-electron chi connectivity index (χ1n) is 11.7. The molecule has 1 aliphatic carbocycles. The molecule has 5 heteroatoms. The molecule has 174 valence electrons. The zero-order chi connectivity index (χ0) is 23.1. The van der Waals surface area contributed by atoms with Crippen LogP contribution in [0.4, 0.5) is 4.79 Å².